The molecule has 2 aromatic rings. The average Bonchev–Trinajstić information content (AvgIpc) is 2.89. The van der Waals surface area contributed by atoms with Crippen molar-refractivity contribution in [1.29, 1.82) is 0 Å². The van der Waals surface area contributed by atoms with Crippen LogP contribution in [-0.4, -0.2) is 35.0 Å². The molecule has 1 saturated heterocycles. The van der Waals surface area contributed by atoms with Crippen LogP contribution in [0.2, 0.25) is 10.2 Å². The van der Waals surface area contributed by atoms with E-state index in [0.29, 0.717) is 23.4 Å². The average molecular weight is 355 g/mol. The van der Waals surface area contributed by atoms with E-state index >= 15 is 0 Å². The topological polar surface area (TPSA) is 41.0 Å². The second-order valence-electron chi connectivity index (χ2n) is 5.76. The van der Waals surface area contributed by atoms with Gasteiger partial charge in [0.15, 0.2) is 0 Å². The van der Waals surface area contributed by atoms with Crippen molar-refractivity contribution in [2.24, 2.45) is 5.92 Å². The van der Waals surface area contributed by atoms with Crippen molar-refractivity contribution < 1.29 is 4.39 Å². The van der Waals surface area contributed by atoms with Crippen LogP contribution in [0.3, 0.4) is 0 Å². The Morgan fingerprint density at radius 2 is 2.17 bits per heavy atom. The van der Waals surface area contributed by atoms with Gasteiger partial charge >= 0.3 is 0 Å². The summed E-state index contributed by atoms with van der Waals surface area (Å²) in [5.74, 6) is 0.603. The SMILES string of the molecule is CN1CCC(CNc2cncc(Cl)n2)C1c1ccc(Cl)c(F)c1. The molecule has 23 heavy (non-hydrogen) atoms. The molecule has 4 nitrogen and oxygen atoms in total. The molecular weight excluding hydrogens is 338 g/mol. The third-order valence-electron chi connectivity index (χ3n) is 4.21. The summed E-state index contributed by atoms with van der Waals surface area (Å²) in [5.41, 5.74) is 0.941. The molecule has 122 valence electrons. The van der Waals surface area contributed by atoms with Crippen LogP contribution in [-0.2, 0) is 0 Å². The number of anilines is 1. The number of benzene rings is 1. The number of aromatic nitrogens is 2. The first-order valence-corrected chi connectivity index (χ1v) is 8.17. The van der Waals surface area contributed by atoms with Gasteiger partial charge in [-0.15, -0.1) is 0 Å². The van der Waals surface area contributed by atoms with E-state index in [1.165, 1.54) is 12.3 Å². The molecule has 1 fully saturated rings. The number of nitrogens with one attached hydrogen (secondary N) is 1. The number of nitrogens with zero attached hydrogens (tertiary/aromatic N) is 3. The predicted octanol–water partition coefficient (Wildman–Crippen LogP) is 4.03. The summed E-state index contributed by atoms with van der Waals surface area (Å²) in [6.45, 7) is 1.68. The minimum Gasteiger partial charge on any atom is -0.368 e. The highest BCUT2D eigenvalue weighted by Gasteiger charge is 2.33. The number of rotatable bonds is 4. The van der Waals surface area contributed by atoms with Crippen molar-refractivity contribution in [3.63, 3.8) is 0 Å². The molecule has 1 N–H and O–H groups in total. The van der Waals surface area contributed by atoms with Crippen LogP contribution >= 0.6 is 23.2 Å². The first-order chi connectivity index (χ1) is 11.0. The molecule has 0 radical (unpaired) electrons. The van der Waals surface area contributed by atoms with E-state index in [0.717, 1.165) is 18.5 Å². The molecule has 1 aliphatic rings. The van der Waals surface area contributed by atoms with Gasteiger partial charge < -0.3 is 5.32 Å². The Labute approximate surface area is 144 Å². The van der Waals surface area contributed by atoms with Crippen molar-refractivity contribution in [3.8, 4) is 0 Å². The fourth-order valence-electron chi connectivity index (χ4n) is 3.13. The third kappa shape index (κ3) is 3.74. The lowest BCUT2D eigenvalue weighted by Crippen LogP contribution is -2.25. The summed E-state index contributed by atoms with van der Waals surface area (Å²) < 4.78 is 13.8. The first-order valence-electron chi connectivity index (χ1n) is 7.41. The van der Waals surface area contributed by atoms with Gasteiger partial charge in [-0.3, -0.25) is 9.88 Å². The first kappa shape index (κ1) is 16.4. The predicted molar refractivity (Wildman–Crippen MR) is 90.4 cm³/mol. The monoisotopic (exact) mass is 354 g/mol. The highest BCUT2D eigenvalue weighted by atomic mass is 35.5. The molecule has 0 amide bonds. The Morgan fingerprint density at radius 3 is 2.91 bits per heavy atom. The van der Waals surface area contributed by atoms with Gasteiger partial charge in [-0.25, -0.2) is 9.37 Å². The van der Waals surface area contributed by atoms with Gasteiger partial charge in [0, 0.05) is 12.6 Å². The molecule has 2 heterocycles. The summed E-state index contributed by atoms with van der Waals surface area (Å²) in [6, 6.07) is 5.18. The maximum Gasteiger partial charge on any atom is 0.149 e. The molecule has 7 heteroatoms. The van der Waals surface area contributed by atoms with Crippen LogP contribution in [0.5, 0.6) is 0 Å². The Hall–Kier alpha value is -1.43. The van der Waals surface area contributed by atoms with Crippen molar-refractivity contribution in [3.05, 3.63) is 52.1 Å². The second-order valence-corrected chi connectivity index (χ2v) is 6.55. The minimum atomic E-state index is -0.378. The maximum absolute atomic E-state index is 13.8. The molecule has 3 rings (SSSR count). The van der Waals surface area contributed by atoms with Crippen LogP contribution in [0.15, 0.2) is 30.6 Å². The largest absolute Gasteiger partial charge is 0.368 e. The molecule has 1 aromatic carbocycles. The standard InChI is InChI=1S/C16H17Cl2FN4/c1-23-5-4-11(7-21-15-9-20-8-14(18)22-15)16(23)10-2-3-12(17)13(19)6-10/h2-3,6,8-9,11,16H,4-5,7H2,1H3,(H,21,22). The van der Waals surface area contributed by atoms with E-state index in [4.69, 9.17) is 23.2 Å². The highest BCUT2D eigenvalue weighted by Crippen LogP contribution is 2.37. The number of halogens is 3. The van der Waals surface area contributed by atoms with Crippen molar-refractivity contribution in [2.75, 3.05) is 25.5 Å². The number of hydrogen-bond donors (Lipinski definition) is 1. The zero-order chi connectivity index (χ0) is 16.4. The Bertz CT molecular complexity index is 698. The lowest BCUT2D eigenvalue weighted by atomic mass is 9.93. The van der Waals surface area contributed by atoms with Gasteiger partial charge in [-0.1, -0.05) is 29.3 Å². The van der Waals surface area contributed by atoms with Crippen molar-refractivity contribution >= 4 is 29.0 Å². The zero-order valence-electron chi connectivity index (χ0n) is 12.6. The van der Waals surface area contributed by atoms with Crippen LogP contribution in [0.1, 0.15) is 18.0 Å². The second kappa shape index (κ2) is 6.99. The van der Waals surface area contributed by atoms with Crippen LogP contribution in [0.25, 0.3) is 0 Å². The normalized spacial score (nSPS) is 21.6. The van der Waals surface area contributed by atoms with Gasteiger partial charge in [-0.05, 0) is 43.6 Å². The van der Waals surface area contributed by atoms with Gasteiger partial charge in [0.05, 0.1) is 17.4 Å². The Balaban J connectivity index is 1.74. The van der Waals surface area contributed by atoms with E-state index in [2.05, 4.69) is 27.2 Å². The minimum absolute atomic E-state index is 0.140. The third-order valence-corrected chi connectivity index (χ3v) is 4.70. The fraction of sp³-hybridized carbons (Fsp3) is 0.375. The van der Waals surface area contributed by atoms with E-state index in [1.54, 1.807) is 12.3 Å². The van der Waals surface area contributed by atoms with E-state index in [-0.39, 0.29) is 16.9 Å². The van der Waals surface area contributed by atoms with E-state index in [9.17, 15) is 4.39 Å². The molecular formula is C16H17Cl2FN4. The summed E-state index contributed by atoms with van der Waals surface area (Å²) in [6.07, 6.45) is 4.16. The highest BCUT2D eigenvalue weighted by molar-refractivity contribution is 6.30. The lowest BCUT2D eigenvalue weighted by Gasteiger charge is -2.26. The van der Waals surface area contributed by atoms with Crippen LogP contribution in [0.4, 0.5) is 10.2 Å². The molecule has 1 aromatic heterocycles. The molecule has 2 unspecified atom stereocenters. The van der Waals surface area contributed by atoms with E-state index in [1.807, 2.05) is 6.07 Å². The van der Waals surface area contributed by atoms with Gasteiger partial charge in [0.1, 0.15) is 16.8 Å². The summed E-state index contributed by atoms with van der Waals surface area (Å²) in [5, 5.41) is 3.78. The Morgan fingerprint density at radius 1 is 1.35 bits per heavy atom. The van der Waals surface area contributed by atoms with Gasteiger partial charge in [0.25, 0.3) is 0 Å². The van der Waals surface area contributed by atoms with Crippen LogP contribution in [0, 0.1) is 11.7 Å². The van der Waals surface area contributed by atoms with Crippen molar-refractivity contribution in [2.45, 2.75) is 12.5 Å². The molecule has 2 atom stereocenters. The van der Waals surface area contributed by atoms with Gasteiger partial charge in [-0.2, -0.15) is 0 Å². The summed E-state index contributed by atoms with van der Waals surface area (Å²) in [7, 11) is 2.05. The van der Waals surface area contributed by atoms with Gasteiger partial charge in [0.2, 0.25) is 0 Å². The summed E-state index contributed by atoms with van der Waals surface area (Å²) in [4.78, 5) is 10.4. The number of likely N-dealkylation sites (tertiary alicyclic amines) is 1. The maximum atomic E-state index is 13.8. The molecule has 1 aliphatic heterocycles. The smallest absolute Gasteiger partial charge is 0.149 e. The lowest BCUT2D eigenvalue weighted by molar-refractivity contribution is 0.281. The van der Waals surface area contributed by atoms with Crippen LogP contribution < -0.4 is 5.32 Å². The molecule has 0 bridgehead atoms. The number of hydrogen-bond acceptors (Lipinski definition) is 4. The molecule has 0 saturated carbocycles. The summed E-state index contributed by atoms with van der Waals surface area (Å²) >= 11 is 11.6. The zero-order valence-corrected chi connectivity index (χ0v) is 14.2. The Kier molecular flexibility index (Phi) is 4.99. The quantitative estimate of drug-likeness (QED) is 0.899. The van der Waals surface area contributed by atoms with E-state index < -0.39 is 0 Å². The fourth-order valence-corrected chi connectivity index (χ4v) is 3.39. The molecule has 0 spiro atoms. The molecule has 0 aliphatic carbocycles. The van der Waals surface area contributed by atoms with Crippen molar-refractivity contribution in [1.82, 2.24) is 14.9 Å².